The third-order valence-corrected chi connectivity index (χ3v) is 5.22. The first-order chi connectivity index (χ1) is 12.6. The zero-order valence-electron chi connectivity index (χ0n) is 14.3. The average Bonchev–Trinajstić information content (AvgIpc) is 3.06. The molecule has 7 heteroatoms. The van der Waals surface area contributed by atoms with Gasteiger partial charge in [-0.25, -0.2) is 0 Å². The maximum absolute atomic E-state index is 12.7. The second-order valence-corrected chi connectivity index (χ2v) is 6.96. The minimum atomic E-state index is -1.68. The monoisotopic (exact) mass is 369 g/mol. The van der Waals surface area contributed by atoms with Gasteiger partial charge in [-0.2, -0.15) is 0 Å². The minimum absolute atomic E-state index is 0.255. The van der Waals surface area contributed by atoms with Gasteiger partial charge in [-0.05, 0) is 29.9 Å². The van der Waals surface area contributed by atoms with Crippen molar-refractivity contribution in [3.05, 3.63) is 72.0 Å². The summed E-state index contributed by atoms with van der Waals surface area (Å²) in [4.78, 5) is 12.7. The zero-order chi connectivity index (χ0) is 18.5. The Labute approximate surface area is 156 Å². The first-order valence-electron chi connectivity index (χ1n) is 8.29. The number of furan rings is 1. The second kappa shape index (κ2) is 8.44. The van der Waals surface area contributed by atoms with Crippen molar-refractivity contribution < 1.29 is 19.3 Å². The highest BCUT2D eigenvalue weighted by Gasteiger charge is 2.30. The number of fused-ring (bicyclic) bond motifs is 1. The molecule has 0 aliphatic carbocycles. The Kier molecular flexibility index (Phi) is 6.03. The van der Waals surface area contributed by atoms with Gasteiger partial charge in [-0.3, -0.25) is 4.79 Å². The first-order valence-corrected chi connectivity index (χ1v) is 9.58. The van der Waals surface area contributed by atoms with Crippen molar-refractivity contribution in [2.75, 3.05) is 6.26 Å². The standard InChI is InChI=1S/C19H20BNO4S/c1-26-18(13-7-3-2-4-8-13)19(22)21-17(20(23)24)11-14-12-25-16-10-6-5-9-15(14)16/h2-10,12,17-18,23-24H,11H2,1H3,(H,21,22)/t17-,18-/m1/s1. The van der Waals surface area contributed by atoms with E-state index in [2.05, 4.69) is 5.32 Å². The number of hydrogen-bond acceptors (Lipinski definition) is 5. The van der Waals surface area contributed by atoms with Crippen LogP contribution in [-0.4, -0.2) is 35.3 Å². The number of hydrogen-bond donors (Lipinski definition) is 3. The number of benzene rings is 2. The SMILES string of the molecule is CS[C@@H](C(=O)N[C@H](Cc1coc2ccccc12)B(O)O)c1ccccc1. The molecule has 0 aliphatic rings. The van der Waals surface area contributed by atoms with E-state index < -0.39 is 18.3 Å². The van der Waals surface area contributed by atoms with Crippen LogP contribution >= 0.6 is 11.8 Å². The van der Waals surface area contributed by atoms with Crippen LogP contribution in [0.4, 0.5) is 0 Å². The van der Waals surface area contributed by atoms with Crippen molar-refractivity contribution in [1.82, 2.24) is 5.32 Å². The van der Waals surface area contributed by atoms with Crippen molar-refractivity contribution in [2.45, 2.75) is 17.6 Å². The summed E-state index contributed by atoms with van der Waals surface area (Å²) in [5, 5.41) is 22.8. The largest absolute Gasteiger partial charge is 0.475 e. The summed E-state index contributed by atoms with van der Waals surface area (Å²) < 4.78 is 5.49. The minimum Gasteiger partial charge on any atom is -0.464 e. The molecule has 0 bridgehead atoms. The Morgan fingerprint density at radius 2 is 1.85 bits per heavy atom. The molecule has 3 aromatic rings. The third kappa shape index (κ3) is 4.12. The summed E-state index contributed by atoms with van der Waals surface area (Å²) in [5.41, 5.74) is 2.42. The van der Waals surface area contributed by atoms with Gasteiger partial charge in [0, 0.05) is 5.39 Å². The van der Waals surface area contributed by atoms with E-state index in [4.69, 9.17) is 4.42 Å². The lowest BCUT2D eigenvalue weighted by Gasteiger charge is -2.21. The van der Waals surface area contributed by atoms with Crippen LogP contribution in [0, 0.1) is 0 Å². The lowest BCUT2D eigenvalue weighted by Crippen LogP contribution is -2.49. The summed E-state index contributed by atoms with van der Waals surface area (Å²) in [6.07, 6.45) is 3.71. The summed E-state index contributed by atoms with van der Waals surface area (Å²) in [5.74, 6) is -1.09. The lowest BCUT2D eigenvalue weighted by atomic mass is 9.75. The molecule has 26 heavy (non-hydrogen) atoms. The molecule has 0 saturated heterocycles. The highest BCUT2D eigenvalue weighted by atomic mass is 32.2. The number of rotatable bonds is 7. The van der Waals surface area contributed by atoms with E-state index in [1.54, 1.807) is 6.26 Å². The van der Waals surface area contributed by atoms with Crippen LogP contribution in [-0.2, 0) is 11.2 Å². The number of nitrogens with one attached hydrogen (secondary N) is 1. The molecule has 134 valence electrons. The van der Waals surface area contributed by atoms with Gasteiger partial charge in [0.25, 0.3) is 0 Å². The van der Waals surface area contributed by atoms with E-state index in [1.807, 2.05) is 60.9 Å². The molecule has 0 fully saturated rings. The van der Waals surface area contributed by atoms with Crippen molar-refractivity contribution in [3.63, 3.8) is 0 Å². The van der Waals surface area contributed by atoms with Gasteiger partial charge in [-0.1, -0.05) is 48.5 Å². The predicted molar refractivity (Wildman–Crippen MR) is 105 cm³/mol. The normalized spacial score (nSPS) is 13.3. The maximum atomic E-state index is 12.7. The molecule has 0 saturated carbocycles. The first kappa shape index (κ1) is 18.6. The summed E-state index contributed by atoms with van der Waals surface area (Å²) >= 11 is 1.40. The molecule has 3 rings (SSSR count). The molecular weight excluding hydrogens is 349 g/mol. The van der Waals surface area contributed by atoms with Crippen molar-refractivity contribution in [3.8, 4) is 0 Å². The number of carbonyl (C=O) groups is 1. The van der Waals surface area contributed by atoms with Gasteiger partial charge in [0.15, 0.2) is 0 Å². The van der Waals surface area contributed by atoms with Crippen LogP contribution in [0.2, 0.25) is 0 Å². The number of para-hydroxylation sites is 1. The molecule has 1 heterocycles. The highest BCUT2D eigenvalue weighted by Crippen LogP contribution is 2.27. The van der Waals surface area contributed by atoms with Gasteiger partial charge in [0.05, 0.1) is 12.2 Å². The van der Waals surface area contributed by atoms with E-state index >= 15 is 0 Å². The van der Waals surface area contributed by atoms with Crippen LogP contribution < -0.4 is 5.32 Å². The molecule has 5 nitrogen and oxygen atoms in total. The Bertz CT molecular complexity index is 868. The van der Waals surface area contributed by atoms with E-state index in [0.717, 1.165) is 22.1 Å². The Morgan fingerprint density at radius 3 is 2.54 bits per heavy atom. The average molecular weight is 369 g/mol. The van der Waals surface area contributed by atoms with Gasteiger partial charge in [0.1, 0.15) is 10.8 Å². The topological polar surface area (TPSA) is 82.7 Å². The molecule has 1 aromatic heterocycles. The molecular formula is C19H20BNO4S. The van der Waals surface area contributed by atoms with E-state index in [-0.39, 0.29) is 12.3 Å². The van der Waals surface area contributed by atoms with Crippen molar-refractivity contribution >= 4 is 35.8 Å². The number of thioether (sulfide) groups is 1. The molecule has 2 atom stereocenters. The van der Waals surface area contributed by atoms with Crippen molar-refractivity contribution in [2.24, 2.45) is 0 Å². The van der Waals surface area contributed by atoms with Gasteiger partial charge < -0.3 is 19.8 Å². The maximum Gasteiger partial charge on any atom is 0.475 e. The predicted octanol–water partition coefficient (Wildman–Crippen LogP) is 2.58. The van der Waals surface area contributed by atoms with Gasteiger partial charge >= 0.3 is 7.12 Å². The Balaban J connectivity index is 1.77. The van der Waals surface area contributed by atoms with Crippen LogP contribution in [0.15, 0.2) is 65.3 Å². The van der Waals surface area contributed by atoms with Crippen LogP contribution in [0.5, 0.6) is 0 Å². The van der Waals surface area contributed by atoms with Crippen molar-refractivity contribution in [1.29, 1.82) is 0 Å². The zero-order valence-corrected chi connectivity index (χ0v) is 15.1. The lowest BCUT2D eigenvalue weighted by molar-refractivity contribution is -0.121. The summed E-state index contributed by atoms with van der Waals surface area (Å²) in [6.45, 7) is 0. The molecule has 1 amide bonds. The molecule has 3 N–H and O–H groups in total. The number of amides is 1. The second-order valence-electron chi connectivity index (χ2n) is 6.02. The molecule has 0 unspecified atom stereocenters. The highest BCUT2D eigenvalue weighted by molar-refractivity contribution is 7.99. The fraction of sp³-hybridized carbons (Fsp3) is 0.211. The summed E-state index contributed by atoms with van der Waals surface area (Å²) in [6, 6.07) is 16.9. The quantitative estimate of drug-likeness (QED) is 0.558. The Morgan fingerprint density at radius 1 is 1.15 bits per heavy atom. The van der Waals surface area contributed by atoms with E-state index in [1.165, 1.54) is 11.8 Å². The molecule has 2 aromatic carbocycles. The number of carbonyl (C=O) groups excluding carboxylic acids is 1. The third-order valence-electron chi connectivity index (χ3n) is 4.26. The molecule has 0 aliphatic heterocycles. The Hall–Kier alpha value is -2.22. The van der Waals surface area contributed by atoms with Gasteiger partial charge in [-0.15, -0.1) is 11.8 Å². The smallest absolute Gasteiger partial charge is 0.464 e. The summed E-state index contributed by atoms with van der Waals surface area (Å²) in [7, 11) is -1.68. The molecule has 0 spiro atoms. The van der Waals surface area contributed by atoms with E-state index in [0.29, 0.717) is 0 Å². The van der Waals surface area contributed by atoms with Crippen LogP contribution in [0.1, 0.15) is 16.4 Å². The fourth-order valence-corrected chi connectivity index (χ4v) is 3.65. The van der Waals surface area contributed by atoms with Crippen LogP contribution in [0.3, 0.4) is 0 Å². The van der Waals surface area contributed by atoms with Crippen LogP contribution in [0.25, 0.3) is 11.0 Å². The molecule has 0 radical (unpaired) electrons. The van der Waals surface area contributed by atoms with Gasteiger partial charge in [0.2, 0.25) is 5.91 Å². The van der Waals surface area contributed by atoms with E-state index in [9.17, 15) is 14.8 Å². The fourth-order valence-electron chi connectivity index (χ4n) is 2.94.